The van der Waals surface area contributed by atoms with E-state index in [1.54, 1.807) is 0 Å². The van der Waals surface area contributed by atoms with Crippen molar-refractivity contribution in [2.75, 3.05) is 16.8 Å². The molecule has 2 aromatic rings. The van der Waals surface area contributed by atoms with E-state index in [1.165, 1.54) is 24.3 Å². The number of carbonyl (C=O) groups excluding carboxylic acids is 3. The fraction of sp³-hybridized carbons (Fsp3) is 0.375. The van der Waals surface area contributed by atoms with Crippen molar-refractivity contribution < 1.29 is 19.3 Å². The van der Waals surface area contributed by atoms with Crippen molar-refractivity contribution in [3.63, 3.8) is 0 Å². The van der Waals surface area contributed by atoms with Crippen molar-refractivity contribution in [1.82, 2.24) is 4.90 Å². The molecule has 0 radical (unpaired) electrons. The van der Waals surface area contributed by atoms with Crippen LogP contribution in [0.2, 0.25) is 0 Å². The van der Waals surface area contributed by atoms with Crippen LogP contribution in [-0.4, -0.2) is 40.1 Å². The third-order valence-corrected chi connectivity index (χ3v) is 8.02. The predicted molar refractivity (Wildman–Crippen MR) is 119 cm³/mol. The lowest BCUT2D eigenvalue weighted by atomic mass is 9.75. The summed E-state index contributed by atoms with van der Waals surface area (Å²) in [5.41, 5.74) is 2.46. The third-order valence-electron chi connectivity index (χ3n) is 8.02. The molecule has 168 valence electrons. The van der Waals surface area contributed by atoms with Crippen LogP contribution in [0, 0.1) is 35.8 Å². The summed E-state index contributed by atoms with van der Waals surface area (Å²) in [5.74, 6) is -2.48. The van der Waals surface area contributed by atoms with Crippen molar-refractivity contribution >= 4 is 34.8 Å². The Kier molecular flexibility index (Phi) is 3.93. The Hall–Kier alpha value is -3.59. The van der Waals surface area contributed by atoms with Crippen LogP contribution in [0.15, 0.2) is 36.4 Å². The van der Waals surface area contributed by atoms with E-state index in [0.717, 1.165) is 40.1 Å². The topological polar surface area (TPSA) is 113 Å². The van der Waals surface area contributed by atoms with E-state index >= 15 is 0 Å². The summed E-state index contributed by atoms with van der Waals surface area (Å²) in [4.78, 5) is 55.0. The quantitative estimate of drug-likeness (QED) is 0.431. The van der Waals surface area contributed by atoms with Crippen LogP contribution in [0.3, 0.4) is 0 Å². The van der Waals surface area contributed by atoms with Crippen LogP contribution in [0.4, 0.5) is 17.1 Å². The first-order valence-corrected chi connectivity index (χ1v) is 11.1. The number of non-ortho nitro benzene ring substituents is 1. The highest BCUT2D eigenvalue weighted by molar-refractivity contribution is 6.26. The lowest BCUT2D eigenvalue weighted by Gasteiger charge is -2.36. The molecule has 3 saturated heterocycles. The van der Waals surface area contributed by atoms with Gasteiger partial charge in [-0.2, -0.15) is 0 Å². The number of fused-ring (bicyclic) bond motifs is 7. The maximum atomic E-state index is 13.9. The molecule has 4 aliphatic heterocycles. The number of nitro benzene ring substituents is 1. The van der Waals surface area contributed by atoms with Crippen molar-refractivity contribution in [3.05, 3.63) is 63.2 Å². The molecule has 0 aliphatic carbocycles. The molecule has 0 unspecified atom stereocenters. The summed E-state index contributed by atoms with van der Waals surface area (Å²) < 4.78 is 0. The highest BCUT2D eigenvalue weighted by atomic mass is 16.6. The van der Waals surface area contributed by atoms with Crippen LogP contribution >= 0.6 is 0 Å². The number of anilines is 2. The second kappa shape index (κ2) is 6.48. The van der Waals surface area contributed by atoms with E-state index in [0.29, 0.717) is 12.2 Å². The van der Waals surface area contributed by atoms with Gasteiger partial charge in [0.2, 0.25) is 17.7 Å². The molecule has 3 amide bonds. The minimum Gasteiger partial charge on any atom is -0.324 e. The Balaban J connectivity index is 1.52. The van der Waals surface area contributed by atoms with Gasteiger partial charge in [-0.05, 0) is 56.5 Å². The van der Waals surface area contributed by atoms with Gasteiger partial charge in [0, 0.05) is 29.4 Å². The zero-order valence-electron chi connectivity index (χ0n) is 18.2. The highest BCUT2D eigenvalue weighted by Crippen LogP contribution is 2.61. The van der Waals surface area contributed by atoms with Gasteiger partial charge in [-0.15, -0.1) is 0 Å². The van der Waals surface area contributed by atoms with Crippen LogP contribution in [0.25, 0.3) is 0 Å². The maximum Gasteiger partial charge on any atom is 0.269 e. The number of carbonyl (C=O) groups is 3. The van der Waals surface area contributed by atoms with Crippen LogP contribution in [-0.2, 0) is 19.9 Å². The fourth-order valence-corrected chi connectivity index (χ4v) is 6.50. The van der Waals surface area contributed by atoms with Crippen molar-refractivity contribution in [2.45, 2.75) is 38.3 Å². The van der Waals surface area contributed by atoms with E-state index in [1.807, 2.05) is 26.0 Å². The molecular weight excluding hydrogens is 424 g/mol. The molecule has 1 N–H and O–H groups in total. The second-order valence-electron chi connectivity index (χ2n) is 9.34. The molecule has 1 spiro atoms. The number of hydrogen-bond donors (Lipinski definition) is 1. The number of hydrogen-bond acceptors (Lipinski definition) is 6. The number of amides is 3. The molecule has 4 atom stereocenters. The van der Waals surface area contributed by atoms with Crippen LogP contribution in [0.5, 0.6) is 0 Å². The molecule has 9 nitrogen and oxygen atoms in total. The maximum absolute atomic E-state index is 13.9. The largest absolute Gasteiger partial charge is 0.324 e. The molecule has 9 heteroatoms. The second-order valence-corrected chi connectivity index (χ2v) is 9.34. The van der Waals surface area contributed by atoms with Crippen molar-refractivity contribution in [1.29, 1.82) is 0 Å². The van der Waals surface area contributed by atoms with Gasteiger partial charge in [-0.1, -0.05) is 12.1 Å². The van der Waals surface area contributed by atoms with Gasteiger partial charge in [0.25, 0.3) is 5.69 Å². The first kappa shape index (κ1) is 20.0. The Bertz CT molecular complexity index is 1270. The smallest absolute Gasteiger partial charge is 0.269 e. The lowest BCUT2D eigenvalue weighted by molar-refractivity contribution is -0.384. The number of nitro groups is 1. The monoisotopic (exact) mass is 446 g/mol. The predicted octanol–water partition coefficient (Wildman–Crippen LogP) is 2.64. The molecule has 0 aromatic heterocycles. The molecular formula is C24H22N4O5. The number of aryl methyl sites for hydroxylation is 1. The fourth-order valence-electron chi connectivity index (χ4n) is 6.50. The Morgan fingerprint density at radius 3 is 2.48 bits per heavy atom. The van der Waals surface area contributed by atoms with Gasteiger partial charge in [-0.3, -0.25) is 29.4 Å². The zero-order chi connectivity index (χ0) is 23.2. The molecule has 3 fully saturated rings. The minimum absolute atomic E-state index is 0.119. The van der Waals surface area contributed by atoms with Gasteiger partial charge < -0.3 is 5.32 Å². The van der Waals surface area contributed by atoms with Gasteiger partial charge >= 0.3 is 0 Å². The highest BCUT2D eigenvalue weighted by Gasteiger charge is 2.74. The summed E-state index contributed by atoms with van der Waals surface area (Å²) in [5, 5.41) is 14.1. The summed E-state index contributed by atoms with van der Waals surface area (Å²) in [6, 6.07) is 9.09. The van der Waals surface area contributed by atoms with Crippen molar-refractivity contribution in [3.8, 4) is 0 Å². The average Bonchev–Trinajstić information content (AvgIpc) is 3.50. The van der Waals surface area contributed by atoms with Crippen LogP contribution < -0.4 is 10.2 Å². The average molecular weight is 446 g/mol. The van der Waals surface area contributed by atoms with Crippen LogP contribution in [0.1, 0.15) is 29.5 Å². The molecule has 6 rings (SSSR count). The standard InChI is InChI=1S/C24H22N4O5/c1-12-5-10-16-20(13(12)2)25-23(31)24(16)19-18(17-4-3-11-26(17)24)21(29)27(22(19)30)14-6-8-15(9-7-14)28(32)33/h5-10,17-19H,3-4,11H2,1-2H3,(H,25,31)/t17-,18-,19+,24+/m1/s1. The SMILES string of the molecule is Cc1ccc2c(c1C)NC(=O)[C@@]21[C@@H]2C(=O)N(c3ccc([N+](=O)[O-])cc3)C(=O)[C@@H]2[C@H]2CCCN21. The number of nitrogens with zero attached hydrogens (tertiary/aromatic N) is 3. The normalized spacial score (nSPS) is 30.1. The molecule has 2 aromatic carbocycles. The first-order chi connectivity index (χ1) is 15.8. The number of nitrogens with one attached hydrogen (secondary N) is 1. The Labute approximate surface area is 189 Å². The van der Waals surface area contributed by atoms with Crippen molar-refractivity contribution in [2.24, 2.45) is 11.8 Å². The zero-order valence-corrected chi connectivity index (χ0v) is 18.2. The number of imide groups is 1. The summed E-state index contributed by atoms with van der Waals surface area (Å²) in [7, 11) is 0. The number of benzene rings is 2. The minimum atomic E-state index is -1.22. The third kappa shape index (κ3) is 2.27. The van der Waals surface area contributed by atoms with Gasteiger partial charge in [0.1, 0.15) is 5.54 Å². The summed E-state index contributed by atoms with van der Waals surface area (Å²) in [6.07, 6.45) is 1.59. The Morgan fingerprint density at radius 1 is 1.06 bits per heavy atom. The van der Waals surface area contributed by atoms with E-state index in [-0.39, 0.29) is 23.5 Å². The van der Waals surface area contributed by atoms with E-state index < -0.39 is 28.2 Å². The summed E-state index contributed by atoms with van der Waals surface area (Å²) in [6.45, 7) is 4.57. The lowest BCUT2D eigenvalue weighted by Crippen LogP contribution is -2.54. The molecule has 33 heavy (non-hydrogen) atoms. The molecule has 0 saturated carbocycles. The molecule has 0 bridgehead atoms. The van der Waals surface area contributed by atoms with Gasteiger partial charge in [0.15, 0.2) is 0 Å². The van der Waals surface area contributed by atoms with E-state index in [2.05, 4.69) is 10.2 Å². The summed E-state index contributed by atoms with van der Waals surface area (Å²) >= 11 is 0. The number of rotatable bonds is 2. The first-order valence-electron chi connectivity index (χ1n) is 11.1. The van der Waals surface area contributed by atoms with Gasteiger partial charge in [-0.25, -0.2) is 4.90 Å². The van der Waals surface area contributed by atoms with E-state index in [4.69, 9.17) is 0 Å². The van der Waals surface area contributed by atoms with Gasteiger partial charge in [0.05, 0.1) is 22.4 Å². The molecule has 4 heterocycles. The Morgan fingerprint density at radius 2 is 1.79 bits per heavy atom. The molecule has 4 aliphatic rings. The van der Waals surface area contributed by atoms with E-state index in [9.17, 15) is 24.5 Å².